The Morgan fingerprint density at radius 3 is 3.20 bits per heavy atom. The first-order chi connectivity index (χ1) is 7.27. The SMILES string of the molecule is CN(Cc1cccnc1N)C1CCSC1. The number of hydrogen-bond acceptors (Lipinski definition) is 4. The molecule has 1 saturated heterocycles. The molecule has 1 aliphatic heterocycles. The van der Waals surface area contributed by atoms with Crippen molar-refractivity contribution in [3.05, 3.63) is 23.9 Å². The summed E-state index contributed by atoms with van der Waals surface area (Å²) in [6.07, 6.45) is 3.03. The molecule has 0 radical (unpaired) electrons. The number of nitrogens with zero attached hydrogens (tertiary/aromatic N) is 2. The Morgan fingerprint density at radius 1 is 1.67 bits per heavy atom. The average Bonchev–Trinajstić information content (AvgIpc) is 2.74. The zero-order valence-electron chi connectivity index (χ0n) is 9.02. The molecule has 1 aromatic rings. The van der Waals surface area contributed by atoms with Gasteiger partial charge in [-0.2, -0.15) is 11.8 Å². The summed E-state index contributed by atoms with van der Waals surface area (Å²) in [6.45, 7) is 0.908. The van der Waals surface area contributed by atoms with E-state index < -0.39 is 0 Å². The van der Waals surface area contributed by atoms with E-state index in [0.717, 1.165) is 12.1 Å². The van der Waals surface area contributed by atoms with Crippen LogP contribution in [0.3, 0.4) is 0 Å². The van der Waals surface area contributed by atoms with Crippen LogP contribution in [0.2, 0.25) is 0 Å². The summed E-state index contributed by atoms with van der Waals surface area (Å²) in [4.78, 5) is 6.49. The number of pyridine rings is 1. The molecule has 2 heterocycles. The largest absolute Gasteiger partial charge is 0.383 e. The van der Waals surface area contributed by atoms with Crippen molar-refractivity contribution in [1.82, 2.24) is 9.88 Å². The number of nitrogen functional groups attached to an aromatic ring is 1. The van der Waals surface area contributed by atoms with Crippen molar-refractivity contribution < 1.29 is 0 Å². The summed E-state index contributed by atoms with van der Waals surface area (Å²) < 4.78 is 0. The zero-order valence-corrected chi connectivity index (χ0v) is 9.83. The van der Waals surface area contributed by atoms with Gasteiger partial charge in [-0.05, 0) is 25.3 Å². The molecule has 1 fully saturated rings. The molecule has 3 nitrogen and oxygen atoms in total. The van der Waals surface area contributed by atoms with Crippen LogP contribution in [0.15, 0.2) is 18.3 Å². The van der Waals surface area contributed by atoms with E-state index in [9.17, 15) is 0 Å². The third-order valence-electron chi connectivity index (χ3n) is 2.87. The molecule has 0 bridgehead atoms. The van der Waals surface area contributed by atoms with Gasteiger partial charge in [-0.3, -0.25) is 4.90 Å². The molecule has 4 heteroatoms. The summed E-state index contributed by atoms with van der Waals surface area (Å²) in [6, 6.07) is 4.71. The number of aromatic nitrogens is 1. The molecule has 15 heavy (non-hydrogen) atoms. The number of hydrogen-bond donors (Lipinski definition) is 1. The van der Waals surface area contributed by atoms with Gasteiger partial charge in [0.05, 0.1) is 0 Å². The quantitative estimate of drug-likeness (QED) is 0.845. The van der Waals surface area contributed by atoms with E-state index in [1.54, 1.807) is 6.20 Å². The fourth-order valence-electron chi connectivity index (χ4n) is 1.85. The summed E-state index contributed by atoms with van der Waals surface area (Å²) >= 11 is 2.04. The molecule has 0 aromatic carbocycles. The molecule has 0 aliphatic carbocycles. The van der Waals surface area contributed by atoms with E-state index in [-0.39, 0.29) is 0 Å². The summed E-state index contributed by atoms with van der Waals surface area (Å²) in [5.41, 5.74) is 6.96. The molecule has 2 N–H and O–H groups in total. The van der Waals surface area contributed by atoms with Crippen LogP contribution in [0.1, 0.15) is 12.0 Å². The maximum absolute atomic E-state index is 5.82. The molecule has 0 amide bonds. The lowest BCUT2D eigenvalue weighted by Gasteiger charge is -2.23. The van der Waals surface area contributed by atoms with E-state index in [1.165, 1.54) is 17.9 Å². The van der Waals surface area contributed by atoms with Gasteiger partial charge in [0.2, 0.25) is 0 Å². The number of anilines is 1. The highest BCUT2D eigenvalue weighted by molar-refractivity contribution is 7.99. The van der Waals surface area contributed by atoms with Gasteiger partial charge in [-0.1, -0.05) is 6.07 Å². The van der Waals surface area contributed by atoms with E-state index in [1.807, 2.05) is 17.8 Å². The molecular weight excluding hydrogens is 206 g/mol. The number of rotatable bonds is 3. The maximum atomic E-state index is 5.82. The van der Waals surface area contributed by atoms with Gasteiger partial charge in [-0.15, -0.1) is 0 Å². The Morgan fingerprint density at radius 2 is 2.53 bits per heavy atom. The first-order valence-electron chi connectivity index (χ1n) is 5.24. The van der Waals surface area contributed by atoms with Gasteiger partial charge >= 0.3 is 0 Å². The highest BCUT2D eigenvalue weighted by Gasteiger charge is 2.20. The molecule has 0 saturated carbocycles. The fraction of sp³-hybridized carbons (Fsp3) is 0.545. The third-order valence-corrected chi connectivity index (χ3v) is 4.02. The Labute approximate surface area is 95.1 Å². The maximum Gasteiger partial charge on any atom is 0.127 e. The van der Waals surface area contributed by atoms with Crippen molar-refractivity contribution in [2.75, 3.05) is 24.3 Å². The Hall–Kier alpha value is -0.740. The lowest BCUT2D eigenvalue weighted by atomic mass is 10.2. The molecule has 2 rings (SSSR count). The Balaban J connectivity index is 1.99. The summed E-state index contributed by atoms with van der Waals surface area (Å²) in [5, 5.41) is 0. The van der Waals surface area contributed by atoms with Crippen molar-refractivity contribution in [2.45, 2.75) is 19.0 Å². The number of thioether (sulfide) groups is 1. The topological polar surface area (TPSA) is 42.2 Å². The highest BCUT2D eigenvalue weighted by atomic mass is 32.2. The van der Waals surface area contributed by atoms with Gasteiger partial charge in [0.15, 0.2) is 0 Å². The molecule has 82 valence electrons. The molecule has 1 unspecified atom stereocenters. The van der Waals surface area contributed by atoms with E-state index in [0.29, 0.717) is 11.9 Å². The van der Waals surface area contributed by atoms with Gasteiger partial charge < -0.3 is 5.73 Å². The first-order valence-corrected chi connectivity index (χ1v) is 6.40. The first kappa shape index (κ1) is 10.8. The summed E-state index contributed by atoms with van der Waals surface area (Å²) in [5.74, 6) is 3.20. The standard InChI is InChI=1S/C11H17N3S/c1-14(10-4-6-15-8-10)7-9-3-2-5-13-11(9)12/h2-3,5,10H,4,6-8H2,1H3,(H2,12,13). The zero-order chi connectivity index (χ0) is 10.7. The fourth-order valence-corrected chi connectivity index (χ4v) is 3.15. The van der Waals surface area contributed by atoms with E-state index in [2.05, 4.69) is 23.0 Å². The van der Waals surface area contributed by atoms with Crippen LogP contribution in [0.5, 0.6) is 0 Å². The van der Waals surface area contributed by atoms with Crippen molar-refractivity contribution in [3.63, 3.8) is 0 Å². The third kappa shape index (κ3) is 2.63. The van der Waals surface area contributed by atoms with Gasteiger partial charge in [0, 0.05) is 30.1 Å². The van der Waals surface area contributed by atoms with Crippen LogP contribution in [-0.2, 0) is 6.54 Å². The van der Waals surface area contributed by atoms with Crippen LogP contribution < -0.4 is 5.73 Å². The van der Waals surface area contributed by atoms with Gasteiger partial charge in [-0.25, -0.2) is 4.98 Å². The van der Waals surface area contributed by atoms with Crippen molar-refractivity contribution in [1.29, 1.82) is 0 Å². The predicted molar refractivity (Wildman–Crippen MR) is 65.8 cm³/mol. The number of nitrogens with two attached hydrogens (primary N) is 1. The van der Waals surface area contributed by atoms with Crippen LogP contribution in [-0.4, -0.2) is 34.5 Å². The second-order valence-corrected chi connectivity index (χ2v) is 5.13. The Bertz CT molecular complexity index is 323. The van der Waals surface area contributed by atoms with Crippen molar-refractivity contribution in [2.24, 2.45) is 0 Å². The highest BCUT2D eigenvalue weighted by Crippen LogP contribution is 2.23. The predicted octanol–water partition coefficient (Wildman–Crippen LogP) is 1.60. The van der Waals surface area contributed by atoms with Crippen LogP contribution in [0, 0.1) is 0 Å². The smallest absolute Gasteiger partial charge is 0.127 e. The van der Waals surface area contributed by atoms with Crippen molar-refractivity contribution in [3.8, 4) is 0 Å². The normalized spacial score (nSPS) is 21.1. The lowest BCUT2D eigenvalue weighted by Crippen LogP contribution is -2.31. The minimum absolute atomic E-state index is 0.662. The van der Waals surface area contributed by atoms with Crippen LogP contribution >= 0.6 is 11.8 Å². The second kappa shape index (κ2) is 4.86. The molecule has 0 spiro atoms. The van der Waals surface area contributed by atoms with Gasteiger partial charge in [0.1, 0.15) is 5.82 Å². The average molecular weight is 223 g/mol. The minimum Gasteiger partial charge on any atom is -0.383 e. The molecule has 1 atom stereocenters. The molecule has 1 aromatic heterocycles. The lowest BCUT2D eigenvalue weighted by molar-refractivity contribution is 0.254. The van der Waals surface area contributed by atoms with E-state index >= 15 is 0 Å². The van der Waals surface area contributed by atoms with Crippen molar-refractivity contribution >= 4 is 17.6 Å². The second-order valence-electron chi connectivity index (χ2n) is 3.98. The van der Waals surface area contributed by atoms with E-state index in [4.69, 9.17) is 5.73 Å². The minimum atomic E-state index is 0.662. The molecular formula is C11H17N3S. The Kier molecular flexibility index (Phi) is 3.49. The molecule has 1 aliphatic rings. The van der Waals surface area contributed by atoms with Gasteiger partial charge in [0.25, 0.3) is 0 Å². The summed E-state index contributed by atoms with van der Waals surface area (Å²) in [7, 11) is 2.17. The van der Waals surface area contributed by atoms with Crippen LogP contribution in [0.4, 0.5) is 5.82 Å². The monoisotopic (exact) mass is 223 g/mol. The van der Waals surface area contributed by atoms with Crippen LogP contribution in [0.25, 0.3) is 0 Å².